The molecule has 1 N–H and O–H groups in total. The van der Waals surface area contributed by atoms with E-state index in [0.29, 0.717) is 22.9 Å². The molecule has 2 aromatic rings. The highest BCUT2D eigenvalue weighted by molar-refractivity contribution is 5.99. The number of hydrogen-bond donors (Lipinski definition) is 1. The van der Waals surface area contributed by atoms with Crippen LogP contribution >= 0.6 is 0 Å². The van der Waals surface area contributed by atoms with Crippen molar-refractivity contribution in [1.29, 1.82) is 0 Å². The van der Waals surface area contributed by atoms with E-state index >= 15 is 0 Å². The molecule has 4 rings (SSSR count). The van der Waals surface area contributed by atoms with Crippen molar-refractivity contribution < 1.29 is 33.3 Å². The van der Waals surface area contributed by atoms with Crippen LogP contribution < -0.4 is 24.4 Å². The molecule has 2 aliphatic rings. The molecule has 1 unspecified atom stereocenters. The first-order chi connectivity index (χ1) is 14.1. The summed E-state index contributed by atoms with van der Waals surface area (Å²) in [7, 11) is 1.49. The summed E-state index contributed by atoms with van der Waals surface area (Å²) in [6.07, 6.45) is -0.858. The van der Waals surface area contributed by atoms with Crippen LogP contribution in [-0.4, -0.2) is 50.9 Å². The molecule has 29 heavy (non-hydrogen) atoms. The molecule has 1 atom stereocenters. The van der Waals surface area contributed by atoms with Gasteiger partial charge in [-0.05, 0) is 30.3 Å². The molecule has 9 heteroatoms. The van der Waals surface area contributed by atoms with E-state index < -0.39 is 24.6 Å². The average molecular weight is 398 g/mol. The van der Waals surface area contributed by atoms with Crippen molar-refractivity contribution >= 4 is 23.5 Å². The van der Waals surface area contributed by atoms with Gasteiger partial charge in [0.25, 0.3) is 11.8 Å². The molecule has 0 radical (unpaired) electrons. The first-order valence-electron chi connectivity index (χ1n) is 8.91. The number of nitrogens with zero attached hydrogens (tertiary/aromatic N) is 1. The van der Waals surface area contributed by atoms with Gasteiger partial charge in [0, 0.05) is 7.05 Å². The Morgan fingerprint density at radius 1 is 1.10 bits per heavy atom. The van der Waals surface area contributed by atoms with Gasteiger partial charge in [-0.15, -0.1) is 0 Å². The van der Waals surface area contributed by atoms with Gasteiger partial charge in [-0.3, -0.25) is 9.59 Å². The van der Waals surface area contributed by atoms with Gasteiger partial charge in [0.2, 0.25) is 6.79 Å². The number of amides is 2. The third-order valence-corrected chi connectivity index (χ3v) is 4.55. The van der Waals surface area contributed by atoms with Gasteiger partial charge in [0.1, 0.15) is 5.75 Å². The largest absolute Gasteiger partial charge is 0.477 e. The van der Waals surface area contributed by atoms with E-state index in [4.69, 9.17) is 18.9 Å². The van der Waals surface area contributed by atoms with Crippen LogP contribution in [0, 0.1) is 0 Å². The quantitative estimate of drug-likeness (QED) is 0.770. The van der Waals surface area contributed by atoms with E-state index in [0.717, 1.165) is 0 Å². The van der Waals surface area contributed by atoms with E-state index in [1.54, 1.807) is 30.3 Å². The van der Waals surface area contributed by atoms with Gasteiger partial charge in [0.15, 0.2) is 24.2 Å². The van der Waals surface area contributed by atoms with Crippen LogP contribution in [0.25, 0.3) is 0 Å². The molecule has 9 nitrogen and oxygen atoms in total. The Bertz CT molecular complexity index is 975. The molecule has 0 bridgehead atoms. The van der Waals surface area contributed by atoms with E-state index in [-0.39, 0.29) is 24.8 Å². The summed E-state index contributed by atoms with van der Waals surface area (Å²) in [4.78, 5) is 38.5. The van der Waals surface area contributed by atoms with E-state index in [1.165, 1.54) is 24.1 Å². The number of nitrogens with one attached hydrogen (secondary N) is 1. The van der Waals surface area contributed by atoms with Crippen molar-refractivity contribution in [3.63, 3.8) is 0 Å². The Hall–Kier alpha value is -3.75. The van der Waals surface area contributed by atoms with Crippen LogP contribution in [0.2, 0.25) is 0 Å². The summed E-state index contributed by atoms with van der Waals surface area (Å²) in [6.45, 7) is -0.381. The molecule has 0 fully saturated rings. The van der Waals surface area contributed by atoms with Crippen LogP contribution in [0.15, 0.2) is 42.5 Å². The highest BCUT2D eigenvalue weighted by Crippen LogP contribution is 2.34. The Morgan fingerprint density at radius 3 is 2.72 bits per heavy atom. The van der Waals surface area contributed by atoms with Crippen LogP contribution in [0.5, 0.6) is 17.2 Å². The number of rotatable bonds is 4. The topological polar surface area (TPSA) is 103 Å². The van der Waals surface area contributed by atoms with Crippen molar-refractivity contribution in [2.45, 2.75) is 6.10 Å². The first-order valence-corrected chi connectivity index (χ1v) is 8.91. The number of ether oxygens (including phenoxy) is 4. The number of fused-ring (bicyclic) bond motifs is 2. The third kappa shape index (κ3) is 3.66. The Kier molecular flexibility index (Phi) is 4.94. The molecule has 0 aliphatic carbocycles. The van der Waals surface area contributed by atoms with Crippen molar-refractivity contribution in [2.75, 3.05) is 31.9 Å². The number of benzene rings is 2. The van der Waals surface area contributed by atoms with Crippen LogP contribution in [0.3, 0.4) is 0 Å². The maximum absolute atomic E-state index is 12.8. The third-order valence-electron chi connectivity index (χ3n) is 4.55. The zero-order valence-electron chi connectivity index (χ0n) is 15.5. The fourth-order valence-electron chi connectivity index (χ4n) is 3.08. The maximum atomic E-state index is 12.8. The molecule has 0 aromatic heterocycles. The van der Waals surface area contributed by atoms with Crippen LogP contribution in [-0.2, 0) is 14.3 Å². The molecule has 0 saturated carbocycles. The number of para-hydroxylation sites is 2. The minimum absolute atomic E-state index is 0.0110. The van der Waals surface area contributed by atoms with Crippen molar-refractivity contribution in [3.8, 4) is 17.2 Å². The fourth-order valence-corrected chi connectivity index (χ4v) is 3.08. The summed E-state index contributed by atoms with van der Waals surface area (Å²) in [5, 5.41) is 2.51. The predicted octanol–water partition coefficient (Wildman–Crippen LogP) is 1.11. The molecule has 2 heterocycles. The van der Waals surface area contributed by atoms with Gasteiger partial charge in [-0.2, -0.15) is 0 Å². The summed E-state index contributed by atoms with van der Waals surface area (Å²) in [5.74, 6) is -0.0913. The van der Waals surface area contributed by atoms with Crippen molar-refractivity contribution in [3.05, 3.63) is 48.0 Å². The Balaban J connectivity index is 1.46. The first kappa shape index (κ1) is 18.6. The Morgan fingerprint density at radius 2 is 1.90 bits per heavy atom. The van der Waals surface area contributed by atoms with E-state index in [2.05, 4.69) is 5.32 Å². The van der Waals surface area contributed by atoms with Gasteiger partial charge in [0.05, 0.1) is 17.8 Å². The number of anilines is 1. The summed E-state index contributed by atoms with van der Waals surface area (Å²) < 4.78 is 21.3. The molecule has 150 valence electrons. The minimum atomic E-state index is -0.858. The zero-order chi connectivity index (χ0) is 20.4. The number of esters is 1. The zero-order valence-corrected chi connectivity index (χ0v) is 15.5. The van der Waals surface area contributed by atoms with Crippen LogP contribution in [0.1, 0.15) is 10.4 Å². The monoisotopic (exact) mass is 398 g/mol. The summed E-state index contributed by atoms with van der Waals surface area (Å²) in [6, 6.07) is 11.5. The van der Waals surface area contributed by atoms with Gasteiger partial charge in [-0.25, -0.2) is 4.79 Å². The highest BCUT2D eigenvalue weighted by atomic mass is 16.7. The Labute approximate surface area is 166 Å². The standard InChI is InChI=1S/C20H18N2O7/c1-21-19(24)17-9-22(13-4-2-3-5-14(13)29-17)18(23)10-26-20(25)12-6-7-15-16(8-12)28-11-27-15/h2-8,17H,9-11H2,1H3,(H,21,24). The van der Waals surface area contributed by atoms with E-state index in [9.17, 15) is 14.4 Å². The van der Waals surface area contributed by atoms with Gasteiger partial charge < -0.3 is 29.2 Å². The maximum Gasteiger partial charge on any atom is 0.338 e. The number of hydrogen-bond acceptors (Lipinski definition) is 7. The lowest BCUT2D eigenvalue weighted by Crippen LogP contribution is -2.51. The van der Waals surface area contributed by atoms with Crippen molar-refractivity contribution in [1.82, 2.24) is 5.32 Å². The summed E-state index contributed by atoms with van der Waals surface area (Å²) >= 11 is 0. The average Bonchev–Trinajstić information content (AvgIpc) is 3.23. The fraction of sp³-hybridized carbons (Fsp3) is 0.250. The summed E-state index contributed by atoms with van der Waals surface area (Å²) in [5.41, 5.74) is 0.754. The second-order valence-corrected chi connectivity index (χ2v) is 6.34. The second kappa shape index (κ2) is 7.70. The lowest BCUT2D eigenvalue weighted by atomic mass is 10.1. The SMILES string of the molecule is CNC(=O)C1CN(C(=O)COC(=O)c2ccc3c(c2)OCO3)c2ccccc2O1. The van der Waals surface area contributed by atoms with E-state index in [1.807, 2.05) is 0 Å². The highest BCUT2D eigenvalue weighted by Gasteiger charge is 2.33. The number of likely N-dealkylation sites (N-methyl/N-ethyl adjacent to an activating group) is 1. The normalized spacial score (nSPS) is 16.4. The molecular formula is C20H18N2O7. The molecule has 2 amide bonds. The molecular weight excluding hydrogens is 380 g/mol. The smallest absolute Gasteiger partial charge is 0.338 e. The predicted molar refractivity (Wildman–Crippen MR) is 100 cm³/mol. The number of carbonyl (C=O) groups is 3. The molecule has 2 aromatic carbocycles. The van der Waals surface area contributed by atoms with Gasteiger partial charge >= 0.3 is 5.97 Å². The van der Waals surface area contributed by atoms with Crippen LogP contribution in [0.4, 0.5) is 5.69 Å². The molecule has 0 spiro atoms. The molecule has 0 saturated heterocycles. The van der Waals surface area contributed by atoms with Gasteiger partial charge in [-0.1, -0.05) is 12.1 Å². The second-order valence-electron chi connectivity index (χ2n) is 6.34. The molecule has 2 aliphatic heterocycles. The minimum Gasteiger partial charge on any atom is -0.477 e. The van der Waals surface area contributed by atoms with Crippen molar-refractivity contribution in [2.24, 2.45) is 0 Å². The lowest BCUT2D eigenvalue weighted by molar-refractivity contribution is -0.128. The number of carbonyl (C=O) groups excluding carboxylic acids is 3. The lowest BCUT2D eigenvalue weighted by Gasteiger charge is -2.33.